The molecule has 0 bridgehead atoms. The van der Waals surface area contributed by atoms with Gasteiger partial charge in [0.2, 0.25) is 0 Å². The van der Waals surface area contributed by atoms with E-state index >= 15 is 0 Å². The van der Waals surface area contributed by atoms with Crippen LogP contribution in [0.2, 0.25) is 0 Å². The summed E-state index contributed by atoms with van der Waals surface area (Å²) in [5.41, 5.74) is 2.84. The number of aliphatic imine (C=N–C) groups is 1. The molecule has 0 atom stereocenters. The van der Waals surface area contributed by atoms with Crippen molar-refractivity contribution in [2.45, 2.75) is 41.5 Å². The minimum absolute atomic E-state index is 0.289. The zero-order chi connectivity index (χ0) is 9.78. The molecule has 0 saturated carbocycles. The van der Waals surface area contributed by atoms with Crippen molar-refractivity contribution < 1.29 is 0 Å². The Hall–Kier alpha value is -0.590. The van der Waals surface area contributed by atoms with Gasteiger partial charge in [-0.2, -0.15) is 0 Å². The molecule has 0 heterocycles. The van der Waals surface area contributed by atoms with Crippen LogP contribution in [0, 0.1) is 5.41 Å². The maximum Gasteiger partial charge on any atom is 0.0572 e. The molecular formula is C11H21N. The van der Waals surface area contributed by atoms with Gasteiger partial charge >= 0.3 is 0 Å². The first-order valence-corrected chi connectivity index (χ1v) is 4.49. The van der Waals surface area contributed by atoms with E-state index in [9.17, 15) is 0 Å². The van der Waals surface area contributed by atoms with Crippen LogP contribution in [0.5, 0.6) is 0 Å². The van der Waals surface area contributed by atoms with E-state index in [4.69, 9.17) is 0 Å². The average Bonchev–Trinajstić information content (AvgIpc) is 1.84. The van der Waals surface area contributed by atoms with Crippen molar-refractivity contribution in [2.75, 3.05) is 6.54 Å². The van der Waals surface area contributed by atoms with Gasteiger partial charge in [0.15, 0.2) is 0 Å². The van der Waals surface area contributed by atoms with Gasteiger partial charge in [-0.1, -0.05) is 32.4 Å². The first-order valence-electron chi connectivity index (χ1n) is 4.49. The fourth-order valence-electron chi connectivity index (χ4n) is 0.671. The lowest BCUT2D eigenvalue weighted by Gasteiger charge is -2.19. The molecule has 0 aliphatic carbocycles. The lowest BCUT2D eigenvalue weighted by Crippen LogP contribution is -2.06. The molecule has 0 fully saturated rings. The molecule has 0 saturated heterocycles. The molecule has 0 N–H and O–H groups in total. The van der Waals surface area contributed by atoms with Gasteiger partial charge < -0.3 is 0 Å². The smallest absolute Gasteiger partial charge is 0.0572 e. The lowest BCUT2D eigenvalue weighted by molar-refractivity contribution is 0.502. The Labute approximate surface area is 76.6 Å². The predicted molar refractivity (Wildman–Crippen MR) is 56.9 cm³/mol. The van der Waals surface area contributed by atoms with Crippen LogP contribution in [0.1, 0.15) is 41.5 Å². The second kappa shape index (κ2) is 4.44. The highest BCUT2D eigenvalue weighted by molar-refractivity contribution is 5.79. The third kappa shape index (κ3) is 5.11. The summed E-state index contributed by atoms with van der Waals surface area (Å²) in [4.78, 5) is 4.32. The van der Waals surface area contributed by atoms with Crippen molar-refractivity contribution in [3.05, 3.63) is 11.6 Å². The topological polar surface area (TPSA) is 12.4 Å². The largest absolute Gasteiger partial charge is 0.291 e. The minimum atomic E-state index is 0.289. The molecule has 0 aromatic rings. The summed E-state index contributed by atoms with van der Waals surface area (Å²) in [6.45, 7) is 13.7. The van der Waals surface area contributed by atoms with Crippen LogP contribution < -0.4 is 0 Å². The molecule has 0 aromatic carbocycles. The molecule has 0 spiro atoms. The molecule has 1 nitrogen and oxygen atoms in total. The summed E-state index contributed by atoms with van der Waals surface area (Å²) < 4.78 is 0. The van der Waals surface area contributed by atoms with Crippen LogP contribution in [0.3, 0.4) is 0 Å². The van der Waals surface area contributed by atoms with E-state index in [1.165, 1.54) is 5.57 Å². The molecule has 0 unspecified atom stereocenters. The molecule has 0 amide bonds. The average molecular weight is 167 g/mol. The Kier molecular flexibility index (Phi) is 4.22. The Morgan fingerprint density at radius 3 is 2.00 bits per heavy atom. The third-order valence-electron chi connectivity index (χ3n) is 1.99. The van der Waals surface area contributed by atoms with Gasteiger partial charge in [0.25, 0.3) is 0 Å². The van der Waals surface area contributed by atoms with Crippen molar-refractivity contribution in [1.82, 2.24) is 0 Å². The van der Waals surface area contributed by atoms with Crippen LogP contribution in [0.15, 0.2) is 16.6 Å². The van der Waals surface area contributed by atoms with E-state index in [0.717, 1.165) is 12.3 Å². The van der Waals surface area contributed by atoms with Crippen LogP contribution >= 0.6 is 0 Å². The normalized spacial score (nSPS) is 13.0. The van der Waals surface area contributed by atoms with E-state index in [2.05, 4.69) is 38.8 Å². The predicted octanol–water partition coefficient (Wildman–Crippen LogP) is 3.46. The highest BCUT2D eigenvalue weighted by Gasteiger charge is 2.11. The number of hydrogen-bond acceptors (Lipinski definition) is 1. The summed E-state index contributed by atoms with van der Waals surface area (Å²) >= 11 is 0. The van der Waals surface area contributed by atoms with Gasteiger partial charge in [-0.25, -0.2) is 0 Å². The highest BCUT2D eigenvalue weighted by Crippen LogP contribution is 2.23. The molecule has 0 aromatic heterocycles. The van der Waals surface area contributed by atoms with Gasteiger partial charge in [-0.15, -0.1) is 0 Å². The number of allylic oxidation sites excluding steroid dienone is 1. The molecule has 0 rings (SSSR count). The van der Waals surface area contributed by atoms with Gasteiger partial charge in [0.1, 0.15) is 0 Å². The zero-order valence-corrected chi connectivity index (χ0v) is 9.23. The zero-order valence-electron chi connectivity index (χ0n) is 9.23. The third-order valence-corrected chi connectivity index (χ3v) is 1.99. The maximum absolute atomic E-state index is 4.32. The fourth-order valence-corrected chi connectivity index (χ4v) is 0.671. The molecule has 70 valence electrons. The first-order chi connectivity index (χ1) is 5.34. The van der Waals surface area contributed by atoms with E-state index in [0.29, 0.717) is 0 Å². The number of hydrogen-bond donors (Lipinski definition) is 0. The second-order valence-corrected chi connectivity index (χ2v) is 4.43. The summed E-state index contributed by atoms with van der Waals surface area (Å²) in [5.74, 6) is 0. The number of nitrogens with zero attached hydrogens (tertiary/aromatic N) is 1. The standard InChI is InChI=1S/C11H21N/c1-9(2)12-8-7-10(3)11(4,5)6/h7H,8H2,1-6H3/b10-7+. The Bertz CT molecular complexity index is 188. The molecule has 0 aliphatic rings. The fraction of sp³-hybridized carbons (Fsp3) is 0.727. The van der Waals surface area contributed by atoms with Gasteiger partial charge in [-0.3, -0.25) is 4.99 Å². The van der Waals surface area contributed by atoms with Crippen molar-refractivity contribution >= 4 is 5.71 Å². The van der Waals surface area contributed by atoms with Crippen LogP contribution in [-0.4, -0.2) is 12.3 Å². The van der Waals surface area contributed by atoms with Crippen molar-refractivity contribution in [1.29, 1.82) is 0 Å². The molecule has 0 radical (unpaired) electrons. The monoisotopic (exact) mass is 167 g/mol. The Morgan fingerprint density at radius 1 is 1.17 bits per heavy atom. The van der Waals surface area contributed by atoms with Crippen LogP contribution in [-0.2, 0) is 0 Å². The van der Waals surface area contributed by atoms with E-state index in [1.54, 1.807) is 0 Å². The summed E-state index contributed by atoms with van der Waals surface area (Å²) in [6.07, 6.45) is 2.20. The van der Waals surface area contributed by atoms with E-state index in [-0.39, 0.29) is 5.41 Å². The molecular weight excluding hydrogens is 146 g/mol. The van der Waals surface area contributed by atoms with Gasteiger partial charge in [0, 0.05) is 5.71 Å². The van der Waals surface area contributed by atoms with Gasteiger partial charge in [-0.05, 0) is 26.2 Å². The van der Waals surface area contributed by atoms with Crippen LogP contribution in [0.4, 0.5) is 0 Å². The van der Waals surface area contributed by atoms with Crippen molar-refractivity contribution in [3.8, 4) is 0 Å². The first kappa shape index (κ1) is 11.4. The minimum Gasteiger partial charge on any atom is -0.291 e. The quantitative estimate of drug-likeness (QED) is 0.441. The Morgan fingerprint density at radius 2 is 1.67 bits per heavy atom. The van der Waals surface area contributed by atoms with E-state index < -0.39 is 0 Å². The van der Waals surface area contributed by atoms with Gasteiger partial charge in [0.05, 0.1) is 6.54 Å². The SMILES string of the molecule is CC(C)=NC/C=C(\C)C(C)(C)C. The van der Waals surface area contributed by atoms with Crippen LogP contribution in [0.25, 0.3) is 0 Å². The van der Waals surface area contributed by atoms with Crippen molar-refractivity contribution in [3.63, 3.8) is 0 Å². The summed E-state index contributed by atoms with van der Waals surface area (Å²) in [6, 6.07) is 0. The summed E-state index contributed by atoms with van der Waals surface area (Å²) in [7, 11) is 0. The molecule has 12 heavy (non-hydrogen) atoms. The maximum atomic E-state index is 4.32. The van der Waals surface area contributed by atoms with Crippen molar-refractivity contribution in [2.24, 2.45) is 10.4 Å². The Balaban J connectivity index is 4.12. The molecule has 0 aliphatic heterocycles. The second-order valence-electron chi connectivity index (χ2n) is 4.43. The lowest BCUT2D eigenvalue weighted by atomic mass is 9.87. The number of rotatable bonds is 2. The molecule has 1 heteroatoms. The van der Waals surface area contributed by atoms with E-state index in [1.807, 2.05) is 13.8 Å². The summed E-state index contributed by atoms with van der Waals surface area (Å²) in [5, 5.41) is 0. The highest BCUT2D eigenvalue weighted by atomic mass is 14.7.